The third-order valence-corrected chi connectivity index (χ3v) is 4.83. The van der Waals surface area contributed by atoms with Crippen LogP contribution in [0.2, 0.25) is 0 Å². The summed E-state index contributed by atoms with van der Waals surface area (Å²) in [5, 5.41) is 9.19. The van der Waals surface area contributed by atoms with Gasteiger partial charge in [0.2, 0.25) is 5.16 Å². The lowest BCUT2D eigenvalue weighted by molar-refractivity contribution is 0.849. The van der Waals surface area contributed by atoms with Crippen LogP contribution in [0.25, 0.3) is 11.4 Å². The third kappa shape index (κ3) is 3.40. The molecular formula is C18H20N4S. The topological polar surface area (TPSA) is 56.7 Å². The molecule has 1 aromatic heterocycles. The summed E-state index contributed by atoms with van der Waals surface area (Å²) in [4.78, 5) is 0. The van der Waals surface area contributed by atoms with Gasteiger partial charge in [0.05, 0.1) is 0 Å². The highest BCUT2D eigenvalue weighted by molar-refractivity contribution is 7.98. The van der Waals surface area contributed by atoms with Gasteiger partial charge in [0.25, 0.3) is 0 Å². The molecule has 0 aliphatic carbocycles. The van der Waals surface area contributed by atoms with E-state index in [2.05, 4.69) is 49.2 Å². The molecule has 23 heavy (non-hydrogen) atoms. The molecule has 0 atom stereocenters. The van der Waals surface area contributed by atoms with Crippen LogP contribution in [0, 0.1) is 20.8 Å². The molecule has 0 amide bonds. The molecule has 2 aromatic carbocycles. The van der Waals surface area contributed by atoms with Crippen LogP contribution in [-0.2, 0) is 5.75 Å². The molecule has 0 aliphatic heterocycles. The highest BCUT2D eigenvalue weighted by Crippen LogP contribution is 2.26. The Bertz CT molecular complexity index is 822. The molecule has 3 aromatic rings. The molecule has 0 saturated carbocycles. The zero-order chi connectivity index (χ0) is 16.4. The first-order chi connectivity index (χ1) is 11.0. The van der Waals surface area contributed by atoms with Gasteiger partial charge in [0.15, 0.2) is 5.82 Å². The lowest BCUT2D eigenvalue weighted by atomic mass is 10.1. The molecule has 3 rings (SSSR count). The Kier molecular flexibility index (Phi) is 4.39. The van der Waals surface area contributed by atoms with E-state index in [9.17, 15) is 0 Å². The normalized spacial score (nSPS) is 10.9. The van der Waals surface area contributed by atoms with Crippen molar-refractivity contribution in [2.24, 2.45) is 0 Å². The first-order valence-corrected chi connectivity index (χ1v) is 8.49. The van der Waals surface area contributed by atoms with Crippen molar-refractivity contribution in [1.29, 1.82) is 0 Å². The number of nitrogen functional groups attached to an aromatic ring is 1. The van der Waals surface area contributed by atoms with Gasteiger partial charge in [-0.05, 0) is 31.9 Å². The Labute approximate surface area is 140 Å². The van der Waals surface area contributed by atoms with Gasteiger partial charge >= 0.3 is 0 Å². The summed E-state index contributed by atoms with van der Waals surface area (Å²) in [6, 6.07) is 14.6. The van der Waals surface area contributed by atoms with E-state index in [1.54, 1.807) is 16.4 Å². The number of rotatable bonds is 4. The molecule has 0 unspecified atom stereocenters. The predicted octanol–water partition coefficient (Wildman–Crippen LogP) is 3.88. The van der Waals surface area contributed by atoms with Gasteiger partial charge in [0.1, 0.15) is 0 Å². The van der Waals surface area contributed by atoms with Crippen molar-refractivity contribution in [1.82, 2.24) is 14.9 Å². The largest absolute Gasteiger partial charge is 0.335 e. The minimum absolute atomic E-state index is 0.688. The maximum Gasteiger partial charge on any atom is 0.210 e. The zero-order valence-corrected chi connectivity index (χ0v) is 14.4. The van der Waals surface area contributed by atoms with Crippen LogP contribution in [0.3, 0.4) is 0 Å². The average Bonchev–Trinajstić information content (AvgIpc) is 2.90. The van der Waals surface area contributed by atoms with E-state index in [4.69, 9.17) is 5.84 Å². The number of thioether (sulfide) groups is 1. The molecule has 2 N–H and O–H groups in total. The average molecular weight is 324 g/mol. The lowest BCUT2D eigenvalue weighted by Crippen LogP contribution is -2.11. The maximum atomic E-state index is 6.18. The quantitative estimate of drug-likeness (QED) is 0.584. The van der Waals surface area contributed by atoms with Crippen molar-refractivity contribution in [3.8, 4) is 11.4 Å². The third-order valence-electron chi connectivity index (χ3n) is 3.84. The Balaban J connectivity index is 1.79. The summed E-state index contributed by atoms with van der Waals surface area (Å²) < 4.78 is 1.57. The van der Waals surface area contributed by atoms with Crippen molar-refractivity contribution < 1.29 is 0 Å². The first kappa shape index (κ1) is 15.6. The number of aromatic nitrogens is 3. The van der Waals surface area contributed by atoms with Gasteiger partial charge in [-0.3, -0.25) is 0 Å². The van der Waals surface area contributed by atoms with Crippen LogP contribution in [-0.4, -0.2) is 14.9 Å². The molecule has 0 bridgehead atoms. The van der Waals surface area contributed by atoms with Crippen LogP contribution in [0.4, 0.5) is 0 Å². The molecule has 0 saturated heterocycles. The number of nitrogens with two attached hydrogens (primary N) is 1. The molecule has 1 heterocycles. The second-order valence-electron chi connectivity index (χ2n) is 5.76. The lowest BCUT2D eigenvalue weighted by Gasteiger charge is -2.07. The number of hydrogen-bond donors (Lipinski definition) is 1. The van der Waals surface area contributed by atoms with E-state index < -0.39 is 0 Å². The SMILES string of the molecule is Cc1ccc(-c2nnc(SCc3cc(C)ccc3C)n2N)cc1. The summed E-state index contributed by atoms with van der Waals surface area (Å²) in [6.45, 7) is 6.29. The maximum absolute atomic E-state index is 6.18. The van der Waals surface area contributed by atoms with Crippen molar-refractivity contribution in [3.63, 3.8) is 0 Å². The molecule has 0 fully saturated rings. The van der Waals surface area contributed by atoms with Gasteiger partial charge in [-0.1, -0.05) is 65.4 Å². The fraction of sp³-hybridized carbons (Fsp3) is 0.222. The number of hydrogen-bond acceptors (Lipinski definition) is 4. The Hall–Kier alpha value is -2.27. The number of nitrogens with zero attached hydrogens (tertiary/aromatic N) is 3. The standard InChI is InChI=1S/C18H20N4S/c1-12-5-8-15(9-6-12)17-20-21-18(22(17)19)23-11-16-10-13(2)4-7-14(16)3/h4-10H,11,19H2,1-3H3. The van der Waals surface area contributed by atoms with E-state index in [-0.39, 0.29) is 0 Å². The molecular weight excluding hydrogens is 304 g/mol. The van der Waals surface area contributed by atoms with Gasteiger partial charge in [0, 0.05) is 11.3 Å². The van der Waals surface area contributed by atoms with Crippen molar-refractivity contribution in [3.05, 3.63) is 64.7 Å². The Morgan fingerprint density at radius 1 is 0.957 bits per heavy atom. The monoisotopic (exact) mass is 324 g/mol. The molecule has 0 radical (unpaired) electrons. The zero-order valence-electron chi connectivity index (χ0n) is 13.6. The molecule has 0 aliphatic rings. The van der Waals surface area contributed by atoms with E-state index in [1.165, 1.54) is 22.3 Å². The minimum Gasteiger partial charge on any atom is -0.335 e. The van der Waals surface area contributed by atoms with Crippen LogP contribution >= 0.6 is 11.8 Å². The fourth-order valence-corrected chi connectivity index (χ4v) is 3.29. The minimum atomic E-state index is 0.688. The summed E-state index contributed by atoms with van der Waals surface area (Å²) in [7, 11) is 0. The van der Waals surface area contributed by atoms with Crippen molar-refractivity contribution in [2.45, 2.75) is 31.7 Å². The highest BCUT2D eigenvalue weighted by atomic mass is 32.2. The van der Waals surface area contributed by atoms with E-state index in [1.807, 2.05) is 24.3 Å². The van der Waals surface area contributed by atoms with Crippen LogP contribution in [0.1, 0.15) is 22.3 Å². The van der Waals surface area contributed by atoms with Crippen molar-refractivity contribution in [2.75, 3.05) is 5.84 Å². The van der Waals surface area contributed by atoms with Gasteiger partial charge in [-0.2, -0.15) is 0 Å². The molecule has 5 heteroatoms. The van der Waals surface area contributed by atoms with Gasteiger partial charge in [-0.25, -0.2) is 4.68 Å². The number of benzene rings is 2. The second-order valence-corrected chi connectivity index (χ2v) is 6.70. The number of aryl methyl sites for hydroxylation is 3. The van der Waals surface area contributed by atoms with E-state index >= 15 is 0 Å². The summed E-state index contributed by atoms with van der Waals surface area (Å²) in [5.41, 5.74) is 6.03. The van der Waals surface area contributed by atoms with Crippen molar-refractivity contribution >= 4 is 11.8 Å². The summed E-state index contributed by atoms with van der Waals surface area (Å²) >= 11 is 1.61. The van der Waals surface area contributed by atoms with Gasteiger partial charge < -0.3 is 5.84 Å². The Morgan fingerprint density at radius 3 is 2.39 bits per heavy atom. The van der Waals surface area contributed by atoms with E-state index in [0.717, 1.165) is 16.5 Å². The predicted molar refractivity (Wildman–Crippen MR) is 95.8 cm³/mol. The fourth-order valence-electron chi connectivity index (χ4n) is 2.37. The summed E-state index contributed by atoms with van der Waals surface area (Å²) in [5.74, 6) is 7.69. The smallest absolute Gasteiger partial charge is 0.210 e. The summed E-state index contributed by atoms with van der Waals surface area (Å²) in [6.07, 6.45) is 0. The van der Waals surface area contributed by atoms with Gasteiger partial charge in [-0.15, -0.1) is 10.2 Å². The molecule has 4 nitrogen and oxygen atoms in total. The second kappa shape index (κ2) is 6.46. The van der Waals surface area contributed by atoms with Crippen LogP contribution in [0.15, 0.2) is 47.6 Å². The Morgan fingerprint density at radius 2 is 1.65 bits per heavy atom. The molecule has 118 valence electrons. The van der Waals surface area contributed by atoms with Crippen LogP contribution < -0.4 is 5.84 Å². The van der Waals surface area contributed by atoms with E-state index in [0.29, 0.717) is 5.82 Å². The highest BCUT2D eigenvalue weighted by Gasteiger charge is 2.12. The first-order valence-electron chi connectivity index (χ1n) is 7.51. The van der Waals surface area contributed by atoms with Crippen LogP contribution in [0.5, 0.6) is 0 Å². The molecule has 0 spiro atoms.